The Balaban J connectivity index is 1.56. The Hall–Kier alpha value is -1.48. The summed E-state index contributed by atoms with van der Waals surface area (Å²) in [5, 5.41) is 1.23. The van der Waals surface area contributed by atoms with Crippen LogP contribution in [0.3, 0.4) is 0 Å². The lowest BCUT2D eigenvalue weighted by molar-refractivity contribution is 0.233. The molecule has 0 radical (unpaired) electrons. The summed E-state index contributed by atoms with van der Waals surface area (Å²) in [4.78, 5) is 5.65. The number of H-pyrrole nitrogens is 1. The highest BCUT2D eigenvalue weighted by Crippen LogP contribution is 2.21. The van der Waals surface area contributed by atoms with Gasteiger partial charge in [0.15, 0.2) is 0 Å². The first-order valence-corrected chi connectivity index (χ1v) is 6.73. The number of nitrogens with one attached hydrogen (secondary N) is 1. The standard InChI is InChI=1S/C15H20N2O/c1-17-9-2-3-13(17)7-10-18-14-5-4-12-6-8-16-15(12)11-14/h4-6,8,11,13,16H,2-3,7,9-10H2,1H3. The molecule has 96 valence electrons. The fourth-order valence-electron chi connectivity index (χ4n) is 2.77. The Morgan fingerprint density at radius 3 is 3.17 bits per heavy atom. The minimum absolute atomic E-state index is 0.708. The van der Waals surface area contributed by atoms with Crippen LogP contribution >= 0.6 is 0 Å². The molecular weight excluding hydrogens is 224 g/mol. The molecule has 0 aliphatic carbocycles. The molecule has 3 heteroatoms. The van der Waals surface area contributed by atoms with Crippen molar-refractivity contribution in [3.63, 3.8) is 0 Å². The number of fused-ring (bicyclic) bond motifs is 1. The summed E-state index contributed by atoms with van der Waals surface area (Å²) < 4.78 is 5.85. The normalized spacial score (nSPS) is 20.6. The number of likely N-dealkylation sites (tertiary alicyclic amines) is 1. The van der Waals surface area contributed by atoms with Gasteiger partial charge in [0.1, 0.15) is 5.75 Å². The fraction of sp³-hybridized carbons (Fsp3) is 0.467. The molecule has 0 saturated carbocycles. The lowest BCUT2D eigenvalue weighted by Gasteiger charge is -2.19. The van der Waals surface area contributed by atoms with Crippen molar-refractivity contribution in [1.82, 2.24) is 9.88 Å². The monoisotopic (exact) mass is 244 g/mol. The molecule has 1 N–H and O–H groups in total. The van der Waals surface area contributed by atoms with Crippen molar-refractivity contribution in [1.29, 1.82) is 0 Å². The molecule has 1 fully saturated rings. The molecule has 1 unspecified atom stereocenters. The highest BCUT2D eigenvalue weighted by molar-refractivity contribution is 5.80. The van der Waals surface area contributed by atoms with Gasteiger partial charge < -0.3 is 14.6 Å². The number of ether oxygens (including phenoxy) is 1. The molecule has 0 bridgehead atoms. The second kappa shape index (κ2) is 5.02. The summed E-state index contributed by atoms with van der Waals surface area (Å²) in [6.45, 7) is 2.04. The zero-order chi connectivity index (χ0) is 12.4. The summed E-state index contributed by atoms with van der Waals surface area (Å²) in [5.41, 5.74) is 1.14. The van der Waals surface area contributed by atoms with E-state index in [4.69, 9.17) is 4.74 Å². The first-order valence-electron chi connectivity index (χ1n) is 6.73. The van der Waals surface area contributed by atoms with Gasteiger partial charge in [0.05, 0.1) is 6.61 Å². The van der Waals surface area contributed by atoms with Crippen LogP contribution in [0.2, 0.25) is 0 Å². The molecule has 1 atom stereocenters. The van der Waals surface area contributed by atoms with Crippen LogP contribution < -0.4 is 4.74 Å². The van der Waals surface area contributed by atoms with Crippen LogP contribution in [0.15, 0.2) is 30.5 Å². The maximum atomic E-state index is 5.85. The zero-order valence-electron chi connectivity index (χ0n) is 10.9. The van der Waals surface area contributed by atoms with E-state index in [1.54, 1.807) is 0 Å². The van der Waals surface area contributed by atoms with Crippen LogP contribution in [-0.2, 0) is 0 Å². The smallest absolute Gasteiger partial charge is 0.121 e. The van der Waals surface area contributed by atoms with Gasteiger partial charge in [0.2, 0.25) is 0 Å². The number of hydrogen-bond donors (Lipinski definition) is 1. The highest BCUT2D eigenvalue weighted by atomic mass is 16.5. The third-order valence-corrected chi connectivity index (χ3v) is 3.92. The maximum Gasteiger partial charge on any atom is 0.121 e. The summed E-state index contributed by atoms with van der Waals surface area (Å²) in [7, 11) is 2.21. The fourth-order valence-corrected chi connectivity index (χ4v) is 2.77. The number of rotatable bonds is 4. The largest absolute Gasteiger partial charge is 0.493 e. The van der Waals surface area contributed by atoms with Gasteiger partial charge in [-0.2, -0.15) is 0 Å². The van der Waals surface area contributed by atoms with E-state index < -0.39 is 0 Å². The van der Waals surface area contributed by atoms with Crippen LogP contribution in [0, 0.1) is 0 Å². The van der Waals surface area contributed by atoms with Crippen LogP contribution in [0.4, 0.5) is 0 Å². The molecule has 0 spiro atoms. The lowest BCUT2D eigenvalue weighted by Crippen LogP contribution is -2.26. The van der Waals surface area contributed by atoms with Gasteiger partial charge in [-0.15, -0.1) is 0 Å². The van der Waals surface area contributed by atoms with Gasteiger partial charge in [-0.1, -0.05) is 0 Å². The van der Waals surface area contributed by atoms with E-state index in [0.717, 1.165) is 24.3 Å². The lowest BCUT2D eigenvalue weighted by atomic mass is 10.1. The molecule has 18 heavy (non-hydrogen) atoms. The minimum atomic E-state index is 0.708. The molecule has 1 aromatic heterocycles. The number of benzene rings is 1. The quantitative estimate of drug-likeness (QED) is 0.895. The van der Waals surface area contributed by atoms with Gasteiger partial charge in [-0.05, 0) is 56.4 Å². The highest BCUT2D eigenvalue weighted by Gasteiger charge is 2.20. The van der Waals surface area contributed by atoms with Crippen LogP contribution in [0.5, 0.6) is 5.75 Å². The van der Waals surface area contributed by atoms with E-state index >= 15 is 0 Å². The Morgan fingerprint density at radius 2 is 2.33 bits per heavy atom. The average molecular weight is 244 g/mol. The Morgan fingerprint density at radius 1 is 1.39 bits per heavy atom. The molecule has 0 amide bonds. The van der Waals surface area contributed by atoms with Crippen LogP contribution in [-0.4, -0.2) is 36.1 Å². The Bertz CT molecular complexity index is 520. The van der Waals surface area contributed by atoms with E-state index in [1.165, 1.54) is 24.8 Å². The molecular formula is C15H20N2O. The number of aromatic amines is 1. The molecule has 1 aliphatic rings. The number of nitrogens with zero attached hydrogens (tertiary/aromatic N) is 1. The first-order chi connectivity index (χ1) is 8.83. The molecule has 3 nitrogen and oxygen atoms in total. The van der Waals surface area contributed by atoms with Gasteiger partial charge >= 0.3 is 0 Å². The van der Waals surface area contributed by atoms with Crippen molar-refractivity contribution in [2.24, 2.45) is 0 Å². The van der Waals surface area contributed by atoms with Crippen molar-refractivity contribution in [3.05, 3.63) is 30.5 Å². The maximum absolute atomic E-state index is 5.85. The average Bonchev–Trinajstić information content (AvgIpc) is 2.98. The Kier molecular flexibility index (Phi) is 3.24. The van der Waals surface area contributed by atoms with E-state index in [2.05, 4.69) is 41.2 Å². The number of aromatic nitrogens is 1. The molecule has 1 aliphatic heterocycles. The van der Waals surface area contributed by atoms with E-state index in [-0.39, 0.29) is 0 Å². The van der Waals surface area contributed by atoms with Crippen molar-refractivity contribution >= 4 is 10.9 Å². The SMILES string of the molecule is CN1CCCC1CCOc1ccc2cc[nH]c2c1. The molecule has 3 rings (SSSR count). The summed E-state index contributed by atoms with van der Waals surface area (Å²) >= 11 is 0. The van der Waals surface area contributed by atoms with E-state index in [1.807, 2.05) is 6.20 Å². The van der Waals surface area contributed by atoms with Crippen molar-refractivity contribution < 1.29 is 4.74 Å². The molecule has 1 aromatic carbocycles. The first kappa shape index (κ1) is 11.6. The van der Waals surface area contributed by atoms with E-state index in [0.29, 0.717) is 6.04 Å². The van der Waals surface area contributed by atoms with Crippen molar-refractivity contribution in [2.45, 2.75) is 25.3 Å². The predicted molar refractivity (Wildman–Crippen MR) is 74.1 cm³/mol. The van der Waals surface area contributed by atoms with Gasteiger partial charge in [0.25, 0.3) is 0 Å². The predicted octanol–water partition coefficient (Wildman–Crippen LogP) is 3.03. The second-order valence-electron chi connectivity index (χ2n) is 5.14. The van der Waals surface area contributed by atoms with Crippen molar-refractivity contribution in [2.75, 3.05) is 20.2 Å². The topological polar surface area (TPSA) is 28.3 Å². The Labute approximate surface area is 108 Å². The molecule has 2 aromatic rings. The van der Waals surface area contributed by atoms with Crippen molar-refractivity contribution in [3.8, 4) is 5.75 Å². The third kappa shape index (κ3) is 2.36. The third-order valence-electron chi connectivity index (χ3n) is 3.92. The number of hydrogen-bond acceptors (Lipinski definition) is 2. The van der Waals surface area contributed by atoms with Gasteiger partial charge in [-0.3, -0.25) is 0 Å². The minimum Gasteiger partial charge on any atom is -0.493 e. The molecule has 2 heterocycles. The van der Waals surface area contributed by atoms with Gasteiger partial charge in [-0.25, -0.2) is 0 Å². The van der Waals surface area contributed by atoms with Crippen LogP contribution in [0.25, 0.3) is 10.9 Å². The second-order valence-corrected chi connectivity index (χ2v) is 5.14. The van der Waals surface area contributed by atoms with E-state index in [9.17, 15) is 0 Å². The van der Waals surface area contributed by atoms with Gasteiger partial charge in [0, 0.05) is 23.8 Å². The summed E-state index contributed by atoms with van der Waals surface area (Å²) in [6.07, 6.45) is 5.73. The van der Waals surface area contributed by atoms with Crippen LogP contribution in [0.1, 0.15) is 19.3 Å². The summed E-state index contributed by atoms with van der Waals surface area (Å²) in [6, 6.07) is 9.01. The molecule has 1 saturated heterocycles. The summed E-state index contributed by atoms with van der Waals surface area (Å²) in [5.74, 6) is 0.964. The zero-order valence-corrected chi connectivity index (χ0v) is 10.9.